The molecule has 0 aromatic heterocycles. The minimum atomic E-state index is 0.762. The van der Waals surface area contributed by atoms with Gasteiger partial charge in [0.25, 0.3) is 0 Å². The maximum atomic E-state index is 5.59. The van der Waals surface area contributed by atoms with Gasteiger partial charge in [-0.25, -0.2) is 0 Å². The predicted molar refractivity (Wildman–Crippen MR) is 73.1 cm³/mol. The van der Waals surface area contributed by atoms with Gasteiger partial charge in [0, 0.05) is 65.4 Å². The van der Waals surface area contributed by atoms with Crippen LogP contribution in [0.5, 0.6) is 0 Å². The van der Waals surface area contributed by atoms with Crippen LogP contribution in [-0.4, -0.2) is 86.7 Å². The lowest BCUT2D eigenvalue weighted by molar-refractivity contribution is 0.122. The van der Waals surface area contributed by atoms with E-state index in [4.69, 9.17) is 11.5 Å². The summed E-state index contributed by atoms with van der Waals surface area (Å²) in [7, 11) is 0. The first kappa shape index (κ1) is 14.9. The molecule has 1 aliphatic heterocycles. The molecule has 0 aliphatic carbocycles. The molecule has 0 aromatic rings. The minimum absolute atomic E-state index is 0.762. The summed E-state index contributed by atoms with van der Waals surface area (Å²) in [6, 6.07) is 0. The molecule has 4 N–H and O–H groups in total. The molecular formula is C12H29N5. The van der Waals surface area contributed by atoms with Crippen LogP contribution in [0, 0.1) is 0 Å². The average Bonchev–Trinajstić information content (AvgIpc) is 2.36. The molecule has 0 radical (unpaired) electrons. The van der Waals surface area contributed by atoms with Gasteiger partial charge in [-0.3, -0.25) is 9.80 Å². The van der Waals surface area contributed by atoms with Crippen molar-refractivity contribution in [2.24, 2.45) is 11.5 Å². The highest BCUT2D eigenvalue weighted by atomic mass is 15.3. The summed E-state index contributed by atoms with van der Waals surface area (Å²) in [6.07, 6.45) is 0. The number of piperazine rings is 1. The molecular weight excluding hydrogens is 214 g/mol. The Kier molecular flexibility index (Phi) is 7.72. The summed E-state index contributed by atoms with van der Waals surface area (Å²) in [5.74, 6) is 0. The normalized spacial score (nSPS) is 19.1. The highest BCUT2D eigenvalue weighted by molar-refractivity contribution is 4.73. The summed E-state index contributed by atoms with van der Waals surface area (Å²) in [5.41, 5.74) is 11.2. The predicted octanol–water partition coefficient (Wildman–Crippen LogP) is -1.16. The van der Waals surface area contributed by atoms with Crippen LogP contribution in [0.4, 0.5) is 0 Å². The molecule has 0 amide bonds. The second-order valence-corrected chi connectivity index (χ2v) is 4.69. The number of nitrogens with two attached hydrogens (primary N) is 2. The number of nitrogens with zero attached hydrogens (tertiary/aromatic N) is 3. The molecule has 0 saturated carbocycles. The van der Waals surface area contributed by atoms with Crippen molar-refractivity contribution in [3.63, 3.8) is 0 Å². The van der Waals surface area contributed by atoms with Crippen LogP contribution in [0.2, 0.25) is 0 Å². The lowest BCUT2D eigenvalue weighted by atomic mass is 10.3. The van der Waals surface area contributed by atoms with Crippen molar-refractivity contribution in [2.75, 3.05) is 72.0 Å². The molecule has 1 saturated heterocycles. The average molecular weight is 243 g/mol. The van der Waals surface area contributed by atoms with Gasteiger partial charge in [0.1, 0.15) is 0 Å². The van der Waals surface area contributed by atoms with Crippen LogP contribution in [0.25, 0.3) is 0 Å². The van der Waals surface area contributed by atoms with Crippen molar-refractivity contribution in [3.05, 3.63) is 0 Å². The summed E-state index contributed by atoms with van der Waals surface area (Å²) < 4.78 is 0. The van der Waals surface area contributed by atoms with Crippen molar-refractivity contribution in [1.82, 2.24) is 14.7 Å². The molecule has 0 aromatic carbocycles. The monoisotopic (exact) mass is 243 g/mol. The van der Waals surface area contributed by atoms with Gasteiger partial charge in [-0.05, 0) is 6.54 Å². The van der Waals surface area contributed by atoms with Crippen LogP contribution in [0.15, 0.2) is 0 Å². The summed E-state index contributed by atoms with van der Waals surface area (Å²) in [4.78, 5) is 7.42. The Hall–Kier alpha value is -0.200. The Labute approximate surface area is 106 Å². The van der Waals surface area contributed by atoms with Crippen molar-refractivity contribution in [2.45, 2.75) is 6.92 Å². The van der Waals surface area contributed by atoms with Gasteiger partial charge in [0.2, 0.25) is 0 Å². The van der Waals surface area contributed by atoms with Crippen LogP contribution in [0.1, 0.15) is 6.92 Å². The standard InChI is InChI=1S/C12H29N5/c1-2-15(5-3-13)7-8-17-11-9-16(6-4-14)10-12-17/h2-14H2,1H3. The Balaban J connectivity index is 2.12. The van der Waals surface area contributed by atoms with E-state index in [0.717, 1.165) is 39.3 Å². The van der Waals surface area contributed by atoms with E-state index in [1.54, 1.807) is 0 Å². The third-order valence-electron chi connectivity index (χ3n) is 3.54. The SMILES string of the molecule is CCN(CCN)CCN1CCN(CCN)CC1. The first-order valence-electron chi connectivity index (χ1n) is 6.87. The number of hydrogen-bond donors (Lipinski definition) is 2. The van der Waals surface area contributed by atoms with Crippen LogP contribution in [-0.2, 0) is 0 Å². The Morgan fingerprint density at radius 2 is 1.47 bits per heavy atom. The van der Waals surface area contributed by atoms with Crippen molar-refractivity contribution in [1.29, 1.82) is 0 Å². The Morgan fingerprint density at radius 3 is 1.94 bits per heavy atom. The molecule has 1 heterocycles. The molecule has 0 unspecified atom stereocenters. The van der Waals surface area contributed by atoms with E-state index < -0.39 is 0 Å². The van der Waals surface area contributed by atoms with E-state index >= 15 is 0 Å². The molecule has 1 fully saturated rings. The van der Waals surface area contributed by atoms with Crippen LogP contribution in [0.3, 0.4) is 0 Å². The fourth-order valence-corrected chi connectivity index (χ4v) is 2.31. The second kappa shape index (κ2) is 8.83. The maximum Gasteiger partial charge on any atom is 0.0110 e. The topological polar surface area (TPSA) is 61.8 Å². The number of likely N-dealkylation sites (N-methyl/N-ethyl adjacent to an activating group) is 1. The molecule has 1 aliphatic rings. The van der Waals surface area contributed by atoms with Gasteiger partial charge in [-0.1, -0.05) is 6.92 Å². The van der Waals surface area contributed by atoms with Gasteiger partial charge in [-0.15, -0.1) is 0 Å². The molecule has 17 heavy (non-hydrogen) atoms. The van der Waals surface area contributed by atoms with Gasteiger partial charge < -0.3 is 16.4 Å². The van der Waals surface area contributed by atoms with E-state index in [-0.39, 0.29) is 0 Å². The summed E-state index contributed by atoms with van der Waals surface area (Å²) in [5, 5.41) is 0. The van der Waals surface area contributed by atoms with Crippen molar-refractivity contribution in [3.8, 4) is 0 Å². The van der Waals surface area contributed by atoms with Crippen molar-refractivity contribution >= 4 is 0 Å². The highest BCUT2D eigenvalue weighted by Crippen LogP contribution is 2.01. The van der Waals surface area contributed by atoms with E-state index in [1.807, 2.05) is 0 Å². The van der Waals surface area contributed by atoms with Gasteiger partial charge in [0.15, 0.2) is 0 Å². The first-order valence-corrected chi connectivity index (χ1v) is 6.87. The van der Waals surface area contributed by atoms with E-state index in [2.05, 4.69) is 21.6 Å². The zero-order valence-corrected chi connectivity index (χ0v) is 11.3. The number of hydrogen-bond acceptors (Lipinski definition) is 5. The highest BCUT2D eigenvalue weighted by Gasteiger charge is 2.16. The molecule has 0 spiro atoms. The molecule has 5 nitrogen and oxygen atoms in total. The smallest absolute Gasteiger partial charge is 0.0110 e. The molecule has 1 rings (SSSR count). The lowest BCUT2D eigenvalue weighted by Gasteiger charge is -2.35. The van der Waals surface area contributed by atoms with Crippen LogP contribution >= 0.6 is 0 Å². The number of rotatable bonds is 8. The fourth-order valence-electron chi connectivity index (χ4n) is 2.31. The quantitative estimate of drug-likeness (QED) is 0.563. The third kappa shape index (κ3) is 5.79. The lowest BCUT2D eigenvalue weighted by Crippen LogP contribution is -2.49. The first-order chi connectivity index (χ1) is 8.30. The Bertz CT molecular complexity index is 180. The van der Waals surface area contributed by atoms with Crippen LogP contribution < -0.4 is 11.5 Å². The largest absolute Gasteiger partial charge is 0.329 e. The minimum Gasteiger partial charge on any atom is -0.329 e. The maximum absolute atomic E-state index is 5.59. The molecule has 0 atom stereocenters. The summed E-state index contributed by atoms with van der Waals surface area (Å²) in [6.45, 7) is 13.9. The zero-order valence-electron chi connectivity index (χ0n) is 11.3. The van der Waals surface area contributed by atoms with Crippen molar-refractivity contribution < 1.29 is 0 Å². The van der Waals surface area contributed by atoms with E-state index in [0.29, 0.717) is 0 Å². The van der Waals surface area contributed by atoms with E-state index in [1.165, 1.54) is 32.7 Å². The van der Waals surface area contributed by atoms with Gasteiger partial charge in [-0.2, -0.15) is 0 Å². The Morgan fingerprint density at radius 1 is 0.882 bits per heavy atom. The fraction of sp³-hybridized carbons (Fsp3) is 1.00. The second-order valence-electron chi connectivity index (χ2n) is 4.69. The van der Waals surface area contributed by atoms with Gasteiger partial charge >= 0.3 is 0 Å². The zero-order chi connectivity index (χ0) is 12.5. The van der Waals surface area contributed by atoms with E-state index in [9.17, 15) is 0 Å². The molecule has 5 heteroatoms. The molecule has 102 valence electrons. The molecule has 0 bridgehead atoms. The third-order valence-corrected chi connectivity index (χ3v) is 3.54. The van der Waals surface area contributed by atoms with Gasteiger partial charge in [0.05, 0.1) is 0 Å². The summed E-state index contributed by atoms with van der Waals surface area (Å²) >= 11 is 0.